The summed E-state index contributed by atoms with van der Waals surface area (Å²) in [6.45, 7) is 6.20. The molecule has 0 aliphatic carbocycles. The monoisotopic (exact) mass is 518 g/mol. The molecule has 8 nitrogen and oxygen atoms in total. The van der Waals surface area contributed by atoms with Gasteiger partial charge in [-0.15, -0.1) is 0 Å². The topological polar surface area (TPSA) is 108 Å². The maximum atomic E-state index is 13.3. The predicted octanol–water partition coefficient (Wildman–Crippen LogP) is 5.54. The van der Waals surface area contributed by atoms with Crippen molar-refractivity contribution in [2.75, 3.05) is 0 Å². The van der Waals surface area contributed by atoms with E-state index in [0.717, 1.165) is 12.1 Å². The number of rotatable bonds is 7. The van der Waals surface area contributed by atoms with Gasteiger partial charge in [-0.25, -0.2) is 9.59 Å². The fourth-order valence-corrected chi connectivity index (χ4v) is 3.98. The zero-order chi connectivity index (χ0) is 27.5. The number of esters is 2. The van der Waals surface area contributed by atoms with Gasteiger partial charge in [0.05, 0.1) is 33.7 Å². The van der Waals surface area contributed by atoms with Gasteiger partial charge in [0.1, 0.15) is 6.61 Å². The van der Waals surface area contributed by atoms with Crippen LogP contribution in [0.25, 0.3) is 0 Å². The van der Waals surface area contributed by atoms with Crippen molar-refractivity contribution in [3.05, 3.63) is 97.9 Å². The summed E-state index contributed by atoms with van der Waals surface area (Å²) in [5.74, 6) is -2.60. The second-order valence-corrected chi connectivity index (χ2v) is 8.71. The molecule has 2 aromatic carbocycles. The molecular weight excluding hydrogens is 493 g/mol. The minimum Gasteiger partial charge on any atom is -0.460 e. The molecule has 37 heavy (non-hydrogen) atoms. The van der Waals surface area contributed by atoms with Crippen LogP contribution in [-0.2, 0) is 31.8 Å². The highest BCUT2D eigenvalue weighted by Gasteiger charge is 2.39. The van der Waals surface area contributed by atoms with Crippen LogP contribution in [0.15, 0.2) is 71.1 Å². The Balaban J connectivity index is 1.99. The molecule has 0 aromatic heterocycles. The Bertz CT molecular complexity index is 1280. The number of alkyl halides is 3. The lowest BCUT2D eigenvalue weighted by molar-refractivity contribution is -0.384. The quantitative estimate of drug-likeness (QED) is 0.291. The summed E-state index contributed by atoms with van der Waals surface area (Å²) in [6.07, 6.45) is -4.97. The van der Waals surface area contributed by atoms with Gasteiger partial charge in [-0.1, -0.05) is 24.3 Å². The number of nitro groups is 1. The first-order valence-corrected chi connectivity index (χ1v) is 11.3. The van der Waals surface area contributed by atoms with Gasteiger partial charge in [0.15, 0.2) is 0 Å². The smallest absolute Gasteiger partial charge is 0.416 e. The molecule has 0 fully saturated rings. The van der Waals surface area contributed by atoms with Crippen molar-refractivity contribution in [2.45, 2.75) is 52.5 Å². The first-order chi connectivity index (χ1) is 17.3. The SMILES string of the molecule is CC1=C(C(=O)OCc2ccc(C(F)(F)F)cc2)C(c2cccc([N+](=O)[O-])c2)C(C(=O)OC(C)C)=C(C)N1. The third-order valence-electron chi connectivity index (χ3n) is 5.61. The average Bonchev–Trinajstić information content (AvgIpc) is 2.81. The summed E-state index contributed by atoms with van der Waals surface area (Å²) >= 11 is 0. The van der Waals surface area contributed by atoms with Crippen LogP contribution >= 0.6 is 0 Å². The molecule has 1 aliphatic rings. The molecule has 0 saturated heterocycles. The Kier molecular flexibility index (Phi) is 8.05. The van der Waals surface area contributed by atoms with Crippen LogP contribution in [0.4, 0.5) is 18.9 Å². The molecule has 0 amide bonds. The molecule has 0 spiro atoms. The van der Waals surface area contributed by atoms with Crippen LogP contribution in [-0.4, -0.2) is 23.0 Å². The molecule has 2 aromatic rings. The number of ether oxygens (including phenoxy) is 2. The van der Waals surface area contributed by atoms with Crippen molar-refractivity contribution in [3.63, 3.8) is 0 Å². The second kappa shape index (κ2) is 10.9. The number of halogens is 3. The first kappa shape index (κ1) is 27.4. The fraction of sp³-hybridized carbons (Fsp3) is 0.308. The van der Waals surface area contributed by atoms with Gasteiger partial charge in [-0.05, 0) is 51.0 Å². The van der Waals surface area contributed by atoms with E-state index in [1.54, 1.807) is 33.8 Å². The minimum absolute atomic E-state index is 0.0220. The maximum absolute atomic E-state index is 13.3. The Morgan fingerprint density at radius 1 is 1.03 bits per heavy atom. The van der Waals surface area contributed by atoms with E-state index in [9.17, 15) is 32.9 Å². The van der Waals surface area contributed by atoms with Gasteiger partial charge < -0.3 is 14.8 Å². The van der Waals surface area contributed by atoms with Crippen LogP contribution in [0, 0.1) is 10.1 Å². The van der Waals surface area contributed by atoms with E-state index < -0.39 is 40.6 Å². The van der Waals surface area contributed by atoms with Gasteiger partial charge in [0.2, 0.25) is 0 Å². The molecule has 11 heteroatoms. The van der Waals surface area contributed by atoms with E-state index >= 15 is 0 Å². The van der Waals surface area contributed by atoms with Gasteiger partial charge in [0, 0.05) is 23.5 Å². The second-order valence-electron chi connectivity index (χ2n) is 8.71. The zero-order valence-electron chi connectivity index (χ0n) is 20.5. The maximum Gasteiger partial charge on any atom is 0.416 e. The number of dihydropyridines is 1. The van der Waals surface area contributed by atoms with Crippen molar-refractivity contribution in [3.8, 4) is 0 Å². The molecule has 196 valence electrons. The van der Waals surface area contributed by atoms with Crippen LogP contribution < -0.4 is 5.32 Å². The number of nitrogens with zero attached hydrogens (tertiary/aromatic N) is 1. The molecule has 1 N–H and O–H groups in total. The predicted molar refractivity (Wildman–Crippen MR) is 127 cm³/mol. The van der Waals surface area contributed by atoms with Crippen molar-refractivity contribution >= 4 is 17.6 Å². The van der Waals surface area contributed by atoms with E-state index in [1.165, 1.54) is 30.3 Å². The number of hydrogen-bond acceptors (Lipinski definition) is 7. The molecule has 0 bridgehead atoms. The molecule has 0 radical (unpaired) electrons. The Labute approximate surface area is 210 Å². The summed E-state index contributed by atoms with van der Waals surface area (Å²) in [4.78, 5) is 37.2. The van der Waals surface area contributed by atoms with Crippen LogP contribution in [0.5, 0.6) is 0 Å². The first-order valence-electron chi connectivity index (χ1n) is 11.3. The lowest BCUT2D eigenvalue weighted by Crippen LogP contribution is -2.33. The number of nitrogens with one attached hydrogen (secondary N) is 1. The number of hydrogen-bond donors (Lipinski definition) is 1. The zero-order valence-corrected chi connectivity index (χ0v) is 20.5. The van der Waals surface area contributed by atoms with E-state index in [2.05, 4.69) is 5.32 Å². The summed E-state index contributed by atoms with van der Waals surface area (Å²) in [7, 11) is 0. The standard InChI is InChI=1S/C26H25F3N2O6/c1-14(2)37-25(33)22-16(4)30-15(3)21(23(22)18-6-5-7-20(12-18)31(34)35)24(32)36-13-17-8-10-19(11-9-17)26(27,28)29/h5-12,14,23,30H,13H2,1-4H3. The Hall–Kier alpha value is -4.15. The minimum atomic E-state index is -4.50. The van der Waals surface area contributed by atoms with Crippen molar-refractivity contribution < 1.29 is 37.2 Å². The van der Waals surface area contributed by atoms with Gasteiger partial charge >= 0.3 is 18.1 Å². The third kappa shape index (κ3) is 6.35. The number of allylic oxidation sites excluding steroid dienone is 2. The van der Waals surface area contributed by atoms with Crippen molar-refractivity contribution in [1.82, 2.24) is 5.32 Å². The highest BCUT2D eigenvalue weighted by molar-refractivity contribution is 6.00. The average molecular weight is 518 g/mol. The summed E-state index contributed by atoms with van der Waals surface area (Å²) < 4.78 is 49.3. The Morgan fingerprint density at radius 2 is 1.62 bits per heavy atom. The molecule has 0 saturated carbocycles. The molecule has 1 heterocycles. The molecule has 1 unspecified atom stereocenters. The number of carbonyl (C=O) groups excluding carboxylic acids is 2. The van der Waals surface area contributed by atoms with E-state index in [-0.39, 0.29) is 23.4 Å². The lowest BCUT2D eigenvalue weighted by Gasteiger charge is -2.30. The Morgan fingerprint density at radius 3 is 2.16 bits per heavy atom. The van der Waals surface area contributed by atoms with Crippen molar-refractivity contribution in [1.29, 1.82) is 0 Å². The number of nitro benzene ring substituents is 1. The van der Waals surface area contributed by atoms with E-state index in [0.29, 0.717) is 22.5 Å². The third-order valence-corrected chi connectivity index (χ3v) is 5.61. The summed E-state index contributed by atoms with van der Waals surface area (Å²) in [5.41, 5.74) is 0.409. The normalized spacial score (nSPS) is 15.9. The van der Waals surface area contributed by atoms with Gasteiger partial charge in [0.25, 0.3) is 5.69 Å². The molecular formula is C26H25F3N2O6. The van der Waals surface area contributed by atoms with E-state index in [4.69, 9.17) is 9.47 Å². The number of benzene rings is 2. The summed E-state index contributed by atoms with van der Waals surface area (Å²) in [5, 5.41) is 14.4. The highest BCUT2D eigenvalue weighted by Crippen LogP contribution is 2.40. The summed E-state index contributed by atoms with van der Waals surface area (Å²) in [6, 6.07) is 9.70. The van der Waals surface area contributed by atoms with E-state index in [1.807, 2.05) is 0 Å². The fourth-order valence-electron chi connectivity index (χ4n) is 3.98. The van der Waals surface area contributed by atoms with Crippen LogP contribution in [0.1, 0.15) is 50.3 Å². The lowest BCUT2D eigenvalue weighted by atomic mass is 9.80. The van der Waals surface area contributed by atoms with Crippen molar-refractivity contribution in [2.24, 2.45) is 0 Å². The largest absolute Gasteiger partial charge is 0.460 e. The van der Waals surface area contributed by atoms with Crippen LogP contribution in [0.2, 0.25) is 0 Å². The van der Waals surface area contributed by atoms with Crippen LogP contribution in [0.3, 0.4) is 0 Å². The number of carbonyl (C=O) groups is 2. The highest BCUT2D eigenvalue weighted by atomic mass is 19.4. The molecule has 1 atom stereocenters. The van der Waals surface area contributed by atoms with Gasteiger partial charge in [-0.2, -0.15) is 13.2 Å². The molecule has 3 rings (SSSR count). The molecule has 1 aliphatic heterocycles. The number of non-ortho nitro benzene ring substituents is 1. The van der Waals surface area contributed by atoms with Gasteiger partial charge in [-0.3, -0.25) is 10.1 Å².